The van der Waals surface area contributed by atoms with E-state index < -0.39 is 11.9 Å². The number of rotatable bonds is 4. The molecule has 0 radical (unpaired) electrons. The van der Waals surface area contributed by atoms with E-state index in [1.807, 2.05) is 0 Å². The van der Waals surface area contributed by atoms with E-state index in [4.69, 9.17) is 9.47 Å². The van der Waals surface area contributed by atoms with Crippen LogP contribution in [0, 0.1) is 5.82 Å². The zero-order chi connectivity index (χ0) is 13.8. The molecule has 0 fully saturated rings. The molecule has 1 N–H and O–H groups in total. The number of halogens is 1. The van der Waals surface area contributed by atoms with Crippen LogP contribution in [0.1, 0.15) is 18.6 Å². The molecule has 100 valence electrons. The third-order valence-electron chi connectivity index (χ3n) is 2.73. The largest absolute Gasteiger partial charge is 0.493 e. The Morgan fingerprint density at radius 1 is 1.05 bits per heavy atom. The first-order valence-electron chi connectivity index (χ1n) is 5.91. The van der Waals surface area contributed by atoms with Crippen LogP contribution in [-0.2, 0) is 0 Å². The molecule has 2 aromatic rings. The van der Waals surface area contributed by atoms with Crippen molar-refractivity contribution in [3.8, 4) is 17.2 Å². The van der Waals surface area contributed by atoms with E-state index in [2.05, 4.69) is 0 Å². The summed E-state index contributed by atoms with van der Waals surface area (Å²) in [7, 11) is 1.51. The minimum Gasteiger partial charge on any atom is -0.493 e. The van der Waals surface area contributed by atoms with Gasteiger partial charge in [-0.25, -0.2) is 4.39 Å². The molecule has 4 heteroatoms. The van der Waals surface area contributed by atoms with Crippen molar-refractivity contribution in [2.75, 3.05) is 7.11 Å². The topological polar surface area (TPSA) is 38.7 Å². The van der Waals surface area contributed by atoms with Gasteiger partial charge in [0.05, 0.1) is 13.2 Å². The molecule has 0 aliphatic carbocycles. The molecule has 0 aromatic heterocycles. The van der Waals surface area contributed by atoms with Gasteiger partial charge in [0.1, 0.15) is 0 Å². The van der Waals surface area contributed by atoms with Gasteiger partial charge in [0.2, 0.25) is 0 Å². The fourth-order valence-corrected chi connectivity index (χ4v) is 1.78. The molecule has 1 unspecified atom stereocenters. The summed E-state index contributed by atoms with van der Waals surface area (Å²) in [5, 5.41) is 9.66. The highest BCUT2D eigenvalue weighted by Gasteiger charge is 2.16. The normalized spacial score (nSPS) is 12.0. The summed E-state index contributed by atoms with van der Waals surface area (Å²) in [6.45, 7) is 1.56. The number of aliphatic hydroxyl groups is 1. The van der Waals surface area contributed by atoms with Crippen LogP contribution in [0.2, 0.25) is 0 Å². The maximum Gasteiger partial charge on any atom is 0.169 e. The number of aliphatic hydroxyl groups excluding tert-OH is 1. The Morgan fingerprint density at radius 2 is 1.74 bits per heavy atom. The third kappa shape index (κ3) is 2.85. The fourth-order valence-electron chi connectivity index (χ4n) is 1.78. The van der Waals surface area contributed by atoms with E-state index >= 15 is 0 Å². The lowest BCUT2D eigenvalue weighted by atomic mass is 10.1. The van der Waals surface area contributed by atoms with Crippen molar-refractivity contribution < 1.29 is 19.0 Å². The van der Waals surface area contributed by atoms with Gasteiger partial charge in [-0.05, 0) is 25.1 Å². The maximum absolute atomic E-state index is 13.9. The van der Waals surface area contributed by atoms with Crippen molar-refractivity contribution in [2.45, 2.75) is 13.0 Å². The molecule has 0 aliphatic rings. The first-order chi connectivity index (χ1) is 9.13. The molecule has 0 heterocycles. The second-order valence-corrected chi connectivity index (χ2v) is 4.09. The van der Waals surface area contributed by atoms with Gasteiger partial charge in [0.25, 0.3) is 0 Å². The molecule has 19 heavy (non-hydrogen) atoms. The highest BCUT2D eigenvalue weighted by atomic mass is 19.1. The number of methoxy groups -OCH3 is 1. The summed E-state index contributed by atoms with van der Waals surface area (Å²) in [6.07, 6.45) is -0.819. The van der Waals surface area contributed by atoms with Crippen LogP contribution in [0.3, 0.4) is 0 Å². The van der Waals surface area contributed by atoms with Gasteiger partial charge in [-0.15, -0.1) is 0 Å². The molecule has 1 atom stereocenters. The lowest BCUT2D eigenvalue weighted by Gasteiger charge is -2.15. The average Bonchev–Trinajstić information content (AvgIpc) is 2.41. The molecule has 0 saturated heterocycles. The van der Waals surface area contributed by atoms with Gasteiger partial charge in [-0.1, -0.05) is 24.3 Å². The SMILES string of the molecule is COc1ccccc1Oc1c(F)cccc1C(C)O. The van der Waals surface area contributed by atoms with Crippen molar-refractivity contribution in [2.24, 2.45) is 0 Å². The lowest BCUT2D eigenvalue weighted by molar-refractivity contribution is 0.194. The summed E-state index contributed by atoms with van der Waals surface area (Å²) in [5.74, 6) is 0.394. The summed E-state index contributed by atoms with van der Waals surface area (Å²) >= 11 is 0. The molecular weight excluding hydrogens is 247 g/mol. The number of hydrogen-bond donors (Lipinski definition) is 1. The summed E-state index contributed by atoms with van der Waals surface area (Å²) in [5.41, 5.74) is 0.394. The number of ether oxygens (including phenoxy) is 2. The van der Waals surface area contributed by atoms with Crippen LogP contribution >= 0.6 is 0 Å². The van der Waals surface area contributed by atoms with Crippen molar-refractivity contribution >= 4 is 0 Å². The smallest absolute Gasteiger partial charge is 0.169 e. The first kappa shape index (κ1) is 13.4. The summed E-state index contributed by atoms with van der Waals surface area (Å²) in [4.78, 5) is 0. The van der Waals surface area contributed by atoms with Gasteiger partial charge in [0.15, 0.2) is 23.1 Å². The average molecular weight is 262 g/mol. The molecule has 2 aromatic carbocycles. The number of benzene rings is 2. The highest BCUT2D eigenvalue weighted by molar-refractivity contribution is 5.45. The van der Waals surface area contributed by atoms with Crippen molar-refractivity contribution in [3.63, 3.8) is 0 Å². The molecular formula is C15H15FO3. The minimum absolute atomic E-state index is 0.0157. The molecule has 0 aliphatic heterocycles. The van der Waals surface area contributed by atoms with Crippen molar-refractivity contribution in [3.05, 3.63) is 53.8 Å². The molecule has 0 amide bonds. The van der Waals surface area contributed by atoms with E-state index in [1.54, 1.807) is 37.3 Å². The second kappa shape index (κ2) is 5.71. The van der Waals surface area contributed by atoms with Crippen LogP contribution in [0.4, 0.5) is 4.39 Å². The number of para-hydroxylation sites is 3. The van der Waals surface area contributed by atoms with Crippen LogP contribution in [-0.4, -0.2) is 12.2 Å². The Morgan fingerprint density at radius 3 is 2.37 bits per heavy atom. The van der Waals surface area contributed by atoms with E-state index in [0.29, 0.717) is 17.1 Å². The predicted octanol–water partition coefficient (Wildman–Crippen LogP) is 3.68. The van der Waals surface area contributed by atoms with Gasteiger partial charge >= 0.3 is 0 Å². The molecule has 0 bridgehead atoms. The van der Waals surface area contributed by atoms with Crippen molar-refractivity contribution in [1.82, 2.24) is 0 Å². The van der Waals surface area contributed by atoms with Crippen LogP contribution in [0.15, 0.2) is 42.5 Å². The quantitative estimate of drug-likeness (QED) is 0.913. The van der Waals surface area contributed by atoms with E-state index in [-0.39, 0.29) is 5.75 Å². The number of hydrogen-bond acceptors (Lipinski definition) is 3. The van der Waals surface area contributed by atoms with E-state index in [9.17, 15) is 9.50 Å². The zero-order valence-electron chi connectivity index (χ0n) is 10.8. The van der Waals surface area contributed by atoms with E-state index in [1.165, 1.54) is 19.2 Å². The predicted molar refractivity (Wildman–Crippen MR) is 70.1 cm³/mol. The van der Waals surface area contributed by atoms with Gasteiger partial charge in [-0.2, -0.15) is 0 Å². The van der Waals surface area contributed by atoms with Gasteiger partial charge < -0.3 is 14.6 Å². The summed E-state index contributed by atoms with van der Waals surface area (Å²) < 4.78 is 24.6. The van der Waals surface area contributed by atoms with Gasteiger partial charge in [0, 0.05) is 5.56 Å². The third-order valence-corrected chi connectivity index (χ3v) is 2.73. The maximum atomic E-state index is 13.9. The standard InChI is InChI=1S/C15H15FO3/c1-10(17)11-6-5-7-12(16)15(11)19-14-9-4-3-8-13(14)18-2/h3-10,17H,1-2H3. The molecule has 2 rings (SSSR count). The Balaban J connectivity index is 2.43. The molecule has 3 nitrogen and oxygen atoms in total. The minimum atomic E-state index is -0.819. The Kier molecular flexibility index (Phi) is 4.02. The van der Waals surface area contributed by atoms with Crippen LogP contribution in [0.5, 0.6) is 17.2 Å². The van der Waals surface area contributed by atoms with E-state index in [0.717, 1.165) is 0 Å². The highest BCUT2D eigenvalue weighted by Crippen LogP contribution is 2.36. The van der Waals surface area contributed by atoms with Crippen molar-refractivity contribution in [1.29, 1.82) is 0 Å². The Labute approximate surface area is 111 Å². The van der Waals surface area contributed by atoms with Crippen LogP contribution < -0.4 is 9.47 Å². The fraction of sp³-hybridized carbons (Fsp3) is 0.200. The Bertz CT molecular complexity index is 567. The lowest BCUT2D eigenvalue weighted by Crippen LogP contribution is -1.99. The second-order valence-electron chi connectivity index (χ2n) is 4.09. The molecule has 0 spiro atoms. The Hall–Kier alpha value is -2.07. The zero-order valence-corrected chi connectivity index (χ0v) is 10.8. The summed E-state index contributed by atoms with van der Waals surface area (Å²) in [6, 6.07) is 11.4. The van der Waals surface area contributed by atoms with Crippen LogP contribution in [0.25, 0.3) is 0 Å². The monoisotopic (exact) mass is 262 g/mol. The molecule has 0 saturated carbocycles. The van der Waals surface area contributed by atoms with Gasteiger partial charge in [-0.3, -0.25) is 0 Å². The first-order valence-corrected chi connectivity index (χ1v) is 5.91.